The van der Waals surface area contributed by atoms with Gasteiger partial charge < -0.3 is 18.6 Å². The van der Waals surface area contributed by atoms with E-state index in [1.54, 1.807) is 48.5 Å². The Hall–Kier alpha value is -1.64. The summed E-state index contributed by atoms with van der Waals surface area (Å²) in [7, 11) is -4.57. The molecule has 31 heavy (non-hydrogen) atoms. The average Bonchev–Trinajstić information content (AvgIpc) is 2.74. The van der Waals surface area contributed by atoms with Gasteiger partial charge in [0.25, 0.3) is 0 Å². The standard InChI is InChI=1S/C22H28B2O6S/c1-21(2)13-27-23(28-14-21)17-5-9-19(10-6-17)31(25,26)20-11-7-18(8-12-20)24-29-15-22(3,4)16-30-24/h5-12H,13-16H2,1-4H3. The molecule has 2 aromatic carbocycles. The molecule has 0 aliphatic carbocycles. The van der Waals surface area contributed by atoms with Crippen molar-refractivity contribution in [2.24, 2.45) is 10.8 Å². The van der Waals surface area contributed by atoms with Crippen molar-refractivity contribution < 1.29 is 27.0 Å². The van der Waals surface area contributed by atoms with E-state index in [0.717, 1.165) is 10.9 Å². The lowest BCUT2D eigenvalue weighted by molar-refractivity contribution is 0.0342. The van der Waals surface area contributed by atoms with Crippen LogP contribution in [0.3, 0.4) is 0 Å². The van der Waals surface area contributed by atoms with Gasteiger partial charge in [0.05, 0.1) is 9.79 Å². The van der Waals surface area contributed by atoms with Gasteiger partial charge >= 0.3 is 14.2 Å². The highest BCUT2D eigenvalue weighted by atomic mass is 32.2. The zero-order chi connectivity index (χ0) is 22.3. The fourth-order valence-electron chi connectivity index (χ4n) is 3.51. The van der Waals surface area contributed by atoms with Crippen molar-refractivity contribution in [3.8, 4) is 0 Å². The van der Waals surface area contributed by atoms with E-state index in [9.17, 15) is 8.42 Å². The quantitative estimate of drug-likeness (QED) is 0.676. The number of hydrogen-bond acceptors (Lipinski definition) is 6. The summed E-state index contributed by atoms with van der Waals surface area (Å²) < 4.78 is 49.2. The first-order valence-electron chi connectivity index (χ1n) is 10.5. The second-order valence-corrected chi connectivity index (χ2v) is 11.8. The normalized spacial score (nSPS) is 21.2. The number of rotatable bonds is 4. The summed E-state index contributed by atoms with van der Waals surface area (Å²) in [5, 5.41) is 0. The minimum atomic E-state index is -3.63. The molecule has 2 aliphatic heterocycles. The largest absolute Gasteiger partial charge is 0.493 e. The fraction of sp³-hybridized carbons (Fsp3) is 0.455. The van der Waals surface area contributed by atoms with Crippen molar-refractivity contribution in [2.75, 3.05) is 26.4 Å². The maximum atomic E-state index is 13.1. The molecule has 0 atom stereocenters. The molecule has 0 unspecified atom stereocenters. The van der Waals surface area contributed by atoms with E-state index >= 15 is 0 Å². The topological polar surface area (TPSA) is 71.1 Å². The van der Waals surface area contributed by atoms with Crippen LogP contribution in [0.25, 0.3) is 0 Å². The third-order valence-corrected chi connectivity index (χ3v) is 7.21. The van der Waals surface area contributed by atoms with Gasteiger partial charge in [-0.1, -0.05) is 52.0 Å². The third kappa shape index (κ3) is 5.07. The Kier molecular flexibility index (Phi) is 6.09. The first-order chi connectivity index (χ1) is 14.6. The first-order valence-corrected chi connectivity index (χ1v) is 12.0. The first kappa shape index (κ1) is 22.6. The highest BCUT2D eigenvalue weighted by Crippen LogP contribution is 2.24. The lowest BCUT2D eigenvalue weighted by Crippen LogP contribution is -2.47. The van der Waals surface area contributed by atoms with Gasteiger partial charge in [0.15, 0.2) is 0 Å². The van der Waals surface area contributed by atoms with Crippen molar-refractivity contribution in [1.29, 1.82) is 0 Å². The Morgan fingerprint density at radius 2 is 0.903 bits per heavy atom. The van der Waals surface area contributed by atoms with Crippen LogP contribution in [0.1, 0.15) is 27.7 Å². The highest BCUT2D eigenvalue weighted by Gasteiger charge is 2.35. The van der Waals surface area contributed by atoms with E-state index in [2.05, 4.69) is 27.7 Å². The van der Waals surface area contributed by atoms with Gasteiger partial charge in [-0.25, -0.2) is 8.42 Å². The van der Waals surface area contributed by atoms with Gasteiger partial charge in [-0.15, -0.1) is 0 Å². The van der Waals surface area contributed by atoms with E-state index in [1.165, 1.54) is 0 Å². The van der Waals surface area contributed by atoms with Crippen LogP contribution in [0, 0.1) is 10.8 Å². The predicted molar refractivity (Wildman–Crippen MR) is 120 cm³/mol. The molecule has 4 rings (SSSR count). The van der Waals surface area contributed by atoms with E-state index in [0.29, 0.717) is 26.4 Å². The van der Waals surface area contributed by atoms with E-state index in [1.807, 2.05) is 0 Å². The Morgan fingerprint density at radius 3 is 1.19 bits per heavy atom. The van der Waals surface area contributed by atoms with Crippen LogP contribution in [0.5, 0.6) is 0 Å². The fourth-order valence-corrected chi connectivity index (χ4v) is 4.77. The summed E-state index contributed by atoms with van der Waals surface area (Å²) in [6.07, 6.45) is 0. The lowest BCUT2D eigenvalue weighted by Gasteiger charge is -2.33. The molecule has 2 aromatic rings. The Labute approximate surface area is 185 Å². The van der Waals surface area contributed by atoms with Crippen molar-refractivity contribution in [1.82, 2.24) is 0 Å². The van der Waals surface area contributed by atoms with Crippen molar-refractivity contribution in [3.05, 3.63) is 48.5 Å². The van der Waals surface area contributed by atoms with Gasteiger partial charge in [-0.2, -0.15) is 0 Å². The summed E-state index contributed by atoms with van der Waals surface area (Å²) in [4.78, 5) is 0.458. The molecule has 0 bridgehead atoms. The van der Waals surface area contributed by atoms with Gasteiger partial charge in [0.2, 0.25) is 9.84 Å². The van der Waals surface area contributed by atoms with Gasteiger partial charge in [0, 0.05) is 37.3 Å². The lowest BCUT2D eigenvalue weighted by atomic mass is 9.76. The second kappa shape index (κ2) is 8.37. The minimum absolute atomic E-state index is 0.0180. The van der Waals surface area contributed by atoms with Gasteiger partial charge in [0.1, 0.15) is 0 Å². The van der Waals surface area contributed by atoms with Crippen LogP contribution in [0.2, 0.25) is 0 Å². The smallest absolute Gasteiger partial charge is 0.407 e. The summed E-state index contributed by atoms with van der Waals surface area (Å²) in [6.45, 7) is 10.7. The number of sulfone groups is 1. The molecule has 0 N–H and O–H groups in total. The molecule has 0 aromatic heterocycles. The molecule has 2 saturated heterocycles. The summed E-state index contributed by atoms with van der Waals surface area (Å²) in [5.74, 6) is 0. The Balaban J connectivity index is 1.46. The molecular weight excluding hydrogens is 414 g/mol. The zero-order valence-electron chi connectivity index (χ0n) is 18.5. The van der Waals surface area contributed by atoms with Crippen molar-refractivity contribution >= 4 is 35.0 Å². The van der Waals surface area contributed by atoms with Crippen LogP contribution in [0.4, 0.5) is 0 Å². The molecule has 9 heteroatoms. The minimum Gasteiger partial charge on any atom is -0.407 e. The SMILES string of the molecule is CC1(C)COB(c2ccc(S(=O)(=O)c3ccc(B4OCC(C)(C)CO4)cc3)cc2)OC1. The molecule has 6 nitrogen and oxygen atoms in total. The molecule has 2 fully saturated rings. The van der Waals surface area contributed by atoms with Gasteiger partial charge in [-0.05, 0) is 35.2 Å². The summed E-state index contributed by atoms with van der Waals surface area (Å²) >= 11 is 0. The third-order valence-electron chi connectivity index (χ3n) is 5.43. The molecule has 0 spiro atoms. The van der Waals surface area contributed by atoms with E-state index in [4.69, 9.17) is 18.6 Å². The van der Waals surface area contributed by atoms with Crippen molar-refractivity contribution in [2.45, 2.75) is 37.5 Å². The second-order valence-electron chi connectivity index (χ2n) is 9.88. The predicted octanol–water partition coefficient (Wildman–Crippen LogP) is 2.06. The molecule has 0 amide bonds. The van der Waals surface area contributed by atoms with E-state index in [-0.39, 0.29) is 20.6 Å². The average molecular weight is 442 g/mol. The van der Waals surface area contributed by atoms with Crippen LogP contribution in [-0.2, 0) is 28.5 Å². The van der Waals surface area contributed by atoms with Crippen LogP contribution in [0.15, 0.2) is 58.3 Å². The molecule has 2 aliphatic rings. The monoisotopic (exact) mass is 442 g/mol. The van der Waals surface area contributed by atoms with Crippen LogP contribution >= 0.6 is 0 Å². The molecule has 2 heterocycles. The molecular formula is C22H28B2O6S. The number of hydrogen-bond donors (Lipinski definition) is 0. The van der Waals surface area contributed by atoms with E-state index < -0.39 is 24.1 Å². The zero-order valence-corrected chi connectivity index (χ0v) is 19.3. The van der Waals surface area contributed by atoms with Crippen LogP contribution in [-0.4, -0.2) is 49.1 Å². The Bertz CT molecular complexity index is 921. The van der Waals surface area contributed by atoms with Crippen molar-refractivity contribution in [3.63, 3.8) is 0 Å². The highest BCUT2D eigenvalue weighted by molar-refractivity contribution is 7.91. The molecule has 0 radical (unpaired) electrons. The molecule has 164 valence electrons. The molecule has 0 saturated carbocycles. The summed E-state index contributed by atoms with van der Waals surface area (Å²) in [6, 6.07) is 13.4. The van der Waals surface area contributed by atoms with Gasteiger partial charge in [-0.3, -0.25) is 0 Å². The maximum Gasteiger partial charge on any atom is 0.493 e. The Morgan fingerprint density at radius 1 is 0.613 bits per heavy atom. The summed E-state index contributed by atoms with van der Waals surface area (Å²) in [5.41, 5.74) is 1.57. The van der Waals surface area contributed by atoms with Crippen LogP contribution < -0.4 is 10.9 Å². The number of benzene rings is 2. The maximum absolute atomic E-state index is 13.1.